The van der Waals surface area contributed by atoms with Crippen molar-refractivity contribution in [1.29, 1.82) is 0 Å². The van der Waals surface area contributed by atoms with Crippen molar-refractivity contribution in [2.24, 2.45) is 5.92 Å². The van der Waals surface area contributed by atoms with Gasteiger partial charge in [-0.15, -0.1) is 0 Å². The van der Waals surface area contributed by atoms with E-state index < -0.39 is 0 Å². The first kappa shape index (κ1) is 13.9. The van der Waals surface area contributed by atoms with E-state index in [1.807, 2.05) is 6.07 Å². The van der Waals surface area contributed by atoms with Crippen molar-refractivity contribution in [3.05, 3.63) is 34.9 Å². The van der Waals surface area contributed by atoms with Gasteiger partial charge in [-0.2, -0.15) is 0 Å². The fourth-order valence-corrected chi connectivity index (χ4v) is 3.20. The predicted molar refractivity (Wildman–Crippen MR) is 79.3 cm³/mol. The molecule has 1 aliphatic rings. The third kappa shape index (κ3) is 3.07. The lowest BCUT2D eigenvalue weighted by atomic mass is 9.59. The zero-order valence-corrected chi connectivity index (χ0v) is 12.6. The van der Waals surface area contributed by atoms with Crippen molar-refractivity contribution in [3.8, 4) is 0 Å². The summed E-state index contributed by atoms with van der Waals surface area (Å²) in [6.45, 7) is 10.0. The lowest BCUT2D eigenvalue weighted by Crippen LogP contribution is -2.52. The molecule has 1 nitrogen and oxygen atoms in total. The normalized spacial score (nSPS) is 27.9. The minimum atomic E-state index is 0.171. The van der Waals surface area contributed by atoms with Crippen molar-refractivity contribution in [2.45, 2.75) is 51.5 Å². The van der Waals surface area contributed by atoms with E-state index in [0.717, 1.165) is 17.5 Å². The van der Waals surface area contributed by atoms with Gasteiger partial charge in [0.1, 0.15) is 0 Å². The van der Waals surface area contributed by atoms with Crippen molar-refractivity contribution < 1.29 is 0 Å². The average Bonchev–Trinajstić information content (AvgIpc) is 2.21. The Kier molecular flexibility index (Phi) is 3.75. The smallest absolute Gasteiger partial charge is 0.0408 e. The quantitative estimate of drug-likeness (QED) is 0.854. The number of nitrogens with one attached hydrogen (secondary N) is 1. The summed E-state index contributed by atoms with van der Waals surface area (Å²) in [5.41, 5.74) is 1.85. The van der Waals surface area contributed by atoms with Crippen LogP contribution in [0.4, 0.5) is 0 Å². The van der Waals surface area contributed by atoms with E-state index in [1.54, 1.807) is 0 Å². The van der Waals surface area contributed by atoms with E-state index in [2.05, 4.69) is 51.2 Å². The summed E-state index contributed by atoms with van der Waals surface area (Å²) in [5, 5.41) is 4.51. The van der Waals surface area contributed by atoms with Crippen molar-refractivity contribution in [2.75, 3.05) is 6.54 Å². The van der Waals surface area contributed by atoms with E-state index >= 15 is 0 Å². The van der Waals surface area contributed by atoms with Gasteiger partial charge in [-0.3, -0.25) is 0 Å². The molecule has 2 heteroatoms. The van der Waals surface area contributed by atoms with Crippen molar-refractivity contribution in [1.82, 2.24) is 5.32 Å². The Bertz CT molecular complexity index is 413. The van der Waals surface area contributed by atoms with Crippen LogP contribution in [0.5, 0.6) is 0 Å². The Morgan fingerprint density at radius 2 is 2.00 bits per heavy atom. The van der Waals surface area contributed by atoms with Crippen LogP contribution in [0, 0.1) is 5.92 Å². The molecule has 0 bridgehead atoms. The molecule has 0 atom stereocenters. The third-order valence-electron chi connectivity index (χ3n) is 3.87. The van der Waals surface area contributed by atoms with Crippen molar-refractivity contribution in [3.63, 3.8) is 0 Å². The first-order valence-corrected chi connectivity index (χ1v) is 7.20. The minimum absolute atomic E-state index is 0.171. The van der Waals surface area contributed by atoms with Crippen LogP contribution < -0.4 is 5.32 Å². The molecule has 0 aliphatic heterocycles. The fraction of sp³-hybridized carbons (Fsp3) is 0.625. The maximum Gasteiger partial charge on any atom is 0.0408 e. The fourth-order valence-electron chi connectivity index (χ4n) is 3.01. The van der Waals surface area contributed by atoms with Crippen LogP contribution in [-0.2, 0) is 5.41 Å². The molecule has 0 unspecified atom stereocenters. The van der Waals surface area contributed by atoms with Gasteiger partial charge in [0.15, 0.2) is 0 Å². The summed E-state index contributed by atoms with van der Waals surface area (Å²) in [6, 6.07) is 8.39. The van der Waals surface area contributed by atoms with Gasteiger partial charge in [0.25, 0.3) is 0 Å². The van der Waals surface area contributed by atoms with Gasteiger partial charge in [0.05, 0.1) is 0 Å². The number of benzene rings is 1. The Labute approximate surface area is 116 Å². The third-order valence-corrected chi connectivity index (χ3v) is 4.11. The van der Waals surface area contributed by atoms with Gasteiger partial charge in [0, 0.05) is 22.5 Å². The summed E-state index contributed by atoms with van der Waals surface area (Å²) in [4.78, 5) is 0. The van der Waals surface area contributed by atoms with E-state index in [1.165, 1.54) is 18.4 Å². The summed E-state index contributed by atoms with van der Waals surface area (Å²) in [7, 11) is 0. The lowest BCUT2D eigenvalue weighted by Gasteiger charge is -2.48. The molecule has 100 valence electrons. The standard InChI is InChI=1S/C16H24ClN/c1-12-9-16(10-12,11-18-15(2,3)4)13-6-5-7-14(17)8-13/h5-8,12,18H,9-11H2,1-4H3. The molecule has 0 amide bonds. The maximum atomic E-state index is 6.14. The van der Waals surface area contributed by atoms with E-state index in [-0.39, 0.29) is 11.0 Å². The molecule has 1 fully saturated rings. The van der Waals surface area contributed by atoms with Gasteiger partial charge < -0.3 is 5.32 Å². The Morgan fingerprint density at radius 3 is 2.50 bits per heavy atom. The molecular formula is C16H24ClN. The highest BCUT2D eigenvalue weighted by atomic mass is 35.5. The molecule has 1 aromatic carbocycles. The second kappa shape index (κ2) is 4.86. The highest BCUT2D eigenvalue weighted by Crippen LogP contribution is 2.47. The summed E-state index contributed by atoms with van der Waals surface area (Å²) in [5.74, 6) is 0.825. The molecule has 0 saturated heterocycles. The zero-order valence-electron chi connectivity index (χ0n) is 11.9. The van der Waals surface area contributed by atoms with Gasteiger partial charge in [-0.1, -0.05) is 30.7 Å². The average molecular weight is 266 g/mol. The first-order valence-electron chi connectivity index (χ1n) is 6.82. The lowest BCUT2D eigenvalue weighted by molar-refractivity contribution is 0.142. The van der Waals surface area contributed by atoms with Crippen LogP contribution in [0.2, 0.25) is 5.02 Å². The molecule has 1 saturated carbocycles. The minimum Gasteiger partial charge on any atom is -0.311 e. The molecule has 1 N–H and O–H groups in total. The van der Waals surface area contributed by atoms with E-state index in [0.29, 0.717) is 0 Å². The van der Waals surface area contributed by atoms with Crippen LogP contribution in [-0.4, -0.2) is 12.1 Å². The van der Waals surface area contributed by atoms with Crippen LogP contribution in [0.1, 0.15) is 46.1 Å². The Hall–Kier alpha value is -0.530. The molecule has 18 heavy (non-hydrogen) atoms. The molecule has 1 aromatic rings. The highest BCUT2D eigenvalue weighted by Gasteiger charge is 2.43. The van der Waals surface area contributed by atoms with Gasteiger partial charge >= 0.3 is 0 Å². The van der Waals surface area contributed by atoms with Crippen molar-refractivity contribution >= 4 is 11.6 Å². The zero-order chi connectivity index (χ0) is 13.4. The molecule has 1 aliphatic carbocycles. The van der Waals surface area contributed by atoms with Gasteiger partial charge in [0.2, 0.25) is 0 Å². The van der Waals surface area contributed by atoms with Gasteiger partial charge in [-0.25, -0.2) is 0 Å². The number of halogens is 1. The summed E-state index contributed by atoms with van der Waals surface area (Å²) >= 11 is 6.14. The Morgan fingerprint density at radius 1 is 1.33 bits per heavy atom. The topological polar surface area (TPSA) is 12.0 Å². The Balaban J connectivity index is 2.17. The molecule has 2 rings (SSSR count). The maximum absolute atomic E-state index is 6.14. The SMILES string of the molecule is CC1CC(CNC(C)(C)C)(c2cccc(Cl)c2)C1. The van der Waals surface area contributed by atoms with E-state index in [9.17, 15) is 0 Å². The molecule has 0 aromatic heterocycles. The number of rotatable bonds is 3. The monoisotopic (exact) mass is 265 g/mol. The molecule has 0 radical (unpaired) electrons. The predicted octanol–water partition coefficient (Wildman–Crippen LogP) is 4.40. The van der Waals surface area contributed by atoms with Crippen LogP contribution in [0.3, 0.4) is 0 Å². The summed E-state index contributed by atoms with van der Waals surface area (Å²) < 4.78 is 0. The number of hydrogen-bond donors (Lipinski definition) is 1. The van der Waals surface area contributed by atoms with E-state index in [4.69, 9.17) is 11.6 Å². The van der Waals surface area contributed by atoms with Gasteiger partial charge in [-0.05, 0) is 57.2 Å². The van der Waals surface area contributed by atoms with Crippen LogP contribution >= 0.6 is 11.6 Å². The van der Waals surface area contributed by atoms with Crippen LogP contribution in [0.15, 0.2) is 24.3 Å². The second-order valence-electron chi connectivity index (χ2n) is 6.91. The first-order chi connectivity index (χ1) is 8.31. The summed E-state index contributed by atoms with van der Waals surface area (Å²) in [6.07, 6.45) is 2.52. The highest BCUT2D eigenvalue weighted by molar-refractivity contribution is 6.30. The molecule has 0 spiro atoms. The largest absolute Gasteiger partial charge is 0.311 e. The van der Waals surface area contributed by atoms with Crippen LogP contribution in [0.25, 0.3) is 0 Å². The molecule has 0 heterocycles. The molecular weight excluding hydrogens is 242 g/mol. The second-order valence-corrected chi connectivity index (χ2v) is 7.34. The number of hydrogen-bond acceptors (Lipinski definition) is 1.